The third kappa shape index (κ3) is 17.6. The normalized spacial score (nSPS) is 17.1. The van der Waals surface area contributed by atoms with Gasteiger partial charge in [0.1, 0.15) is 41.2 Å². The molecule has 1 aliphatic heterocycles. The Morgan fingerprint density at radius 1 is 0.952 bits per heavy atom. The molecule has 2 aromatic carbocycles. The summed E-state index contributed by atoms with van der Waals surface area (Å²) in [5.41, 5.74) is 3.91. The zero-order chi connectivity index (χ0) is 45.8. The summed E-state index contributed by atoms with van der Waals surface area (Å²) in [5.74, 6) is -6.62. The number of allylic oxidation sites excluding steroid dienone is 7. The Hall–Kier alpha value is -5.93. The second kappa shape index (κ2) is 25.8. The maximum absolute atomic E-state index is 14.2. The van der Waals surface area contributed by atoms with Gasteiger partial charge in [-0.05, 0) is 94.0 Å². The van der Waals surface area contributed by atoms with Gasteiger partial charge < -0.3 is 35.5 Å². The van der Waals surface area contributed by atoms with E-state index in [0.717, 1.165) is 35.6 Å². The number of aliphatic hydroxyl groups is 1. The smallest absolute Gasteiger partial charge is 0.336 e. The minimum atomic E-state index is -1.36. The number of rotatable bonds is 23. The lowest BCUT2D eigenvalue weighted by Crippen LogP contribution is -2.62. The van der Waals surface area contributed by atoms with Crippen molar-refractivity contribution in [2.75, 3.05) is 6.54 Å². The first-order chi connectivity index (χ1) is 29.4. The van der Waals surface area contributed by atoms with Gasteiger partial charge in [-0.25, -0.2) is 14.6 Å². The van der Waals surface area contributed by atoms with Crippen LogP contribution in [0, 0.1) is 23.6 Å². The molecule has 6 N–H and O–H groups in total. The van der Waals surface area contributed by atoms with Crippen molar-refractivity contribution in [3.63, 3.8) is 0 Å². The molecule has 14 nitrogen and oxygen atoms in total. The average Bonchev–Trinajstić information content (AvgIpc) is 3.21. The van der Waals surface area contributed by atoms with Crippen LogP contribution in [0.3, 0.4) is 0 Å². The summed E-state index contributed by atoms with van der Waals surface area (Å²) in [4.78, 5) is 77.3. The van der Waals surface area contributed by atoms with Crippen molar-refractivity contribution < 1.29 is 53.2 Å². The van der Waals surface area contributed by atoms with Gasteiger partial charge in [-0.1, -0.05) is 81.0 Å². The summed E-state index contributed by atoms with van der Waals surface area (Å²) in [6, 6.07) is 8.41. The number of nitrogens with one attached hydrogen (secondary N) is 3. The van der Waals surface area contributed by atoms with Gasteiger partial charge in [0, 0.05) is 31.5 Å². The fourth-order valence-corrected chi connectivity index (χ4v) is 6.78. The van der Waals surface area contributed by atoms with Gasteiger partial charge in [0.15, 0.2) is 0 Å². The largest absolute Gasteiger partial charge is 0.508 e. The molecule has 6 atom stereocenters. The molecular weight excluding hydrogens is 800 g/mol. The topological polar surface area (TPSA) is 212 Å². The van der Waals surface area contributed by atoms with Gasteiger partial charge in [0.2, 0.25) is 11.8 Å². The summed E-state index contributed by atoms with van der Waals surface area (Å²) in [6.45, 7) is 8.62. The van der Waals surface area contributed by atoms with E-state index in [1.165, 1.54) is 19.1 Å². The molecule has 1 fully saturated rings. The van der Waals surface area contributed by atoms with Crippen LogP contribution in [0.1, 0.15) is 85.1 Å². The Balaban J connectivity index is 1.64. The first kappa shape index (κ1) is 50.4. The van der Waals surface area contributed by atoms with Gasteiger partial charge in [0.25, 0.3) is 5.91 Å². The molecule has 0 spiro atoms. The Kier molecular flexibility index (Phi) is 20.9. The minimum absolute atomic E-state index is 0.0115. The number of hydrogen-bond donors (Lipinski definition) is 6. The van der Waals surface area contributed by atoms with E-state index >= 15 is 0 Å². The van der Waals surface area contributed by atoms with E-state index in [1.54, 1.807) is 51.1 Å². The number of aliphatic hydroxyl groups excluding tert-OH is 1. The summed E-state index contributed by atoms with van der Waals surface area (Å²) in [6.07, 6.45) is 13.6. The molecule has 1 aliphatic rings. The van der Waals surface area contributed by atoms with Crippen LogP contribution in [-0.2, 0) is 35.2 Å². The van der Waals surface area contributed by atoms with Gasteiger partial charge in [-0.3, -0.25) is 24.2 Å². The Bertz CT molecular complexity index is 1940. The van der Waals surface area contributed by atoms with E-state index in [2.05, 4.69) is 16.1 Å². The fraction of sp³-hybridized carbons (Fsp3) is 0.447. The number of hydrogen-bond acceptors (Lipinski definition) is 10. The van der Waals surface area contributed by atoms with E-state index < -0.39 is 83.2 Å². The van der Waals surface area contributed by atoms with E-state index in [-0.39, 0.29) is 43.6 Å². The molecule has 0 saturated carbocycles. The molecule has 1 heterocycles. The minimum Gasteiger partial charge on any atom is -0.508 e. The lowest BCUT2D eigenvalue weighted by Gasteiger charge is -2.35. The summed E-state index contributed by atoms with van der Waals surface area (Å²) in [7, 11) is 0. The molecule has 0 bridgehead atoms. The van der Waals surface area contributed by atoms with Crippen molar-refractivity contribution in [2.24, 2.45) is 17.8 Å². The highest BCUT2D eigenvalue weighted by Gasteiger charge is 2.37. The predicted molar refractivity (Wildman–Crippen MR) is 232 cm³/mol. The van der Waals surface area contributed by atoms with Crippen LogP contribution in [0.4, 0.5) is 4.39 Å². The average molecular weight is 861 g/mol. The van der Waals surface area contributed by atoms with Crippen LogP contribution < -0.4 is 20.8 Å². The number of phenols is 1. The zero-order valence-corrected chi connectivity index (χ0v) is 36.1. The third-order valence-electron chi connectivity index (χ3n) is 10.3. The number of benzene rings is 2. The number of aliphatic carboxylic acids is 1. The molecule has 2 aromatic rings. The lowest BCUT2D eigenvalue weighted by molar-refractivity contribution is -0.148. The molecule has 3 amide bonds. The van der Waals surface area contributed by atoms with Gasteiger partial charge in [0.05, 0.1) is 12.0 Å². The number of amides is 3. The third-order valence-corrected chi connectivity index (χ3v) is 10.3. The second-order valence-electron chi connectivity index (χ2n) is 16.0. The standard InChI is InChI=1S/C47H61FN4O10/c1-30(2)42(45(58)49-40(28-34-26-35(48)29-36(54)27-34)46(59)52-25-15-21-39(51-52)47(60)61)50-44(57)38(24-23-33(5)53)43(56)32(4)18-11-8-6-7-10-16-31(3)17-14-22-41(55)62-37-19-12-9-13-20-37/h6-9,11-14,17,19-20,22,26-27,29-30,32,38-40,42-43,51,54,56H,10,15-16,18,21,23-25,28H2,1-5H3,(H,49,58)(H,50,57)(H,60,61)/b7-6+,11-8+,22-14+,31-17+/t32-,38+,39?,40?,42-,43+/m0/s1. The molecule has 15 heteroatoms. The van der Waals surface area contributed by atoms with Crippen LogP contribution >= 0.6 is 0 Å². The van der Waals surface area contributed by atoms with E-state index in [4.69, 9.17) is 4.74 Å². The van der Waals surface area contributed by atoms with E-state index in [0.29, 0.717) is 18.6 Å². The highest BCUT2D eigenvalue weighted by atomic mass is 19.1. The number of carboxylic acid groups (broad SMARTS) is 1. The number of para-hydroxylation sites is 1. The molecule has 0 radical (unpaired) electrons. The molecule has 0 aliphatic carbocycles. The second-order valence-corrected chi connectivity index (χ2v) is 16.0. The number of aromatic hydroxyl groups is 1. The number of hydrazine groups is 1. The molecule has 1 saturated heterocycles. The van der Waals surface area contributed by atoms with Gasteiger partial charge in [-0.15, -0.1) is 0 Å². The van der Waals surface area contributed by atoms with E-state index in [1.807, 2.05) is 43.4 Å². The Morgan fingerprint density at radius 2 is 1.66 bits per heavy atom. The van der Waals surface area contributed by atoms with Crippen LogP contribution in [0.5, 0.6) is 11.5 Å². The summed E-state index contributed by atoms with van der Waals surface area (Å²) in [5, 5.41) is 37.5. The van der Waals surface area contributed by atoms with Crippen molar-refractivity contribution in [3.8, 4) is 11.5 Å². The summed E-state index contributed by atoms with van der Waals surface area (Å²) >= 11 is 0. The first-order valence-electron chi connectivity index (χ1n) is 20.9. The number of carbonyl (C=O) groups excluding carboxylic acids is 5. The van der Waals surface area contributed by atoms with Gasteiger partial charge in [-0.2, -0.15) is 0 Å². The SMILES string of the molecule is CC(=O)CC[C@@H](C(=O)N[C@H](C(=O)NC(Cc1cc(O)cc(F)c1)C(=O)N1CCCC(C(=O)O)N1)C(C)C)[C@H](O)[C@@H](C)C/C=C/C=C/CC/C(C)=C/C=C/C(=O)Oc1ccccc1. The number of carbonyl (C=O) groups is 6. The zero-order valence-electron chi connectivity index (χ0n) is 36.1. The van der Waals surface area contributed by atoms with Crippen LogP contribution in [0.15, 0.2) is 96.6 Å². The number of ether oxygens (including phenoxy) is 1. The lowest BCUT2D eigenvalue weighted by atomic mass is 9.85. The van der Waals surface area contributed by atoms with Crippen LogP contribution in [-0.4, -0.2) is 86.5 Å². The molecular formula is C47H61FN4O10. The number of ketones is 1. The van der Waals surface area contributed by atoms with Crippen molar-refractivity contribution >= 4 is 35.4 Å². The first-order valence-corrected chi connectivity index (χ1v) is 20.9. The predicted octanol–water partition coefficient (Wildman–Crippen LogP) is 5.65. The number of nitrogens with zero attached hydrogens (tertiary/aromatic N) is 1. The number of phenolic OH excluding ortho intramolecular Hbond substituents is 1. The molecule has 2 unspecified atom stereocenters. The fourth-order valence-electron chi connectivity index (χ4n) is 6.78. The number of Topliss-reactive ketones (excluding diaryl/α,β-unsaturated/α-hetero) is 1. The van der Waals surface area contributed by atoms with Gasteiger partial charge >= 0.3 is 11.9 Å². The monoisotopic (exact) mass is 860 g/mol. The van der Waals surface area contributed by atoms with Crippen molar-refractivity contribution in [1.82, 2.24) is 21.1 Å². The van der Waals surface area contributed by atoms with Crippen molar-refractivity contribution in [2.45, 2.75) is 110 Å². The molecule has 3 rings (SSSR count). The van der Waals surface area contributed by atoms with E-state index in [9.17, 15) is 48.5 Å². The Labute approximate surface area is 363 Å². The number of carboxylic acids is 1. The summed E-state index contributed by atoms with van der Waals surface area (Å²) < 4.78 is 19.5. The van der Waals surface area contributed by atoms with Crippen LogP contribution in [0.25, 0.3) is 0 Å². The Morgan fingerprint density at radius 3 is 2.32 bits per heavy atom. The maximum Gasteiger partial charge on any atom is 0.336 e. The highest BCUT2D eigenvalue weighted by molar-refractivity contribution is 5.93. The van der Waals surface area contributed by atoms with Crippen molar-refractivity contribution in [3.05, 3.63) is 108 Å². The highest BCUT2D eigenvalue weighted by Crippen LogP contribution is 2.23. The number of esters is 1. The molecule has 0 aromatic heterocycles. The number of halogens is 1. The van der Waals surface area contributed by atoms with Crippen molar-refractivity contribution in [1.29, 1.82) is 0 Å². The molecule has 62 heavy (non-hydrogen) atoms. The van der Waals surface area contributed by atoms with Crippen LogP contribution in [0.2, 0.25) is 0 Å². The maximum atomic E-state index is 14.2. The quantitative estimate of drug-likeness (QED) is 0.0348. The molecule has 336 valence electrons.